The molecule has 2 aromatic rings. The van der Waals surface area contributed by atoms with Gasteiger partial charge in [0.1, 0.15) is 34.9 Å². The largest absolute Gasteiger partial charge is 0.377 e. The number of anilines is 2. The Balaban J connectivity index is 1.67. The van der Waals surface area contributed by atoms with Crippen LogP contribution in [0.5, 0.6) is 0 Å². The maximum atomic E-state index is 15.4. The van der Waals surface area contributed by atoms with E-state index in [9.17, 15) is 18.8 Å². The minimum Gasteiger partial charge on any atom is -0.377 e. The van der Waals surface area contributed by atoms with Crippen molar-refractivity contribution in [3.8, 4) is 6.07 Å². The molecule has 0 spiro atoms. The molecule has 0 bridgehead atoms. The molecule has 2 atom stereocenters. The van der Waals surface area contributed by atoms with E-state index in [1.807, 2.05) is 19.1 Å². The number of nitriles is 1. The van der Waals surface area contributed by atoms with Crippen molar-refractivity contribution in [2.75, 3.05) is 43.4 Å². The number of alkyl halides is 2. The van der Waals surface area contributed by atoms with Gasteiger partial charge in [-0.1, -0.05) is 13.0 Å². The van der Waals surface area contributed by atoms with E-state index in [4.69, 9.17) is 0 Å². The molecule has 0 radical (unpaired) electrons. The molecular weight excluding hydrogens is 555 g/mol. The quantitative estimate of drug-likeness (QED) is 0.441. The van der Waals surface area contributed by atoms with Gasteiger partial charge in [0.15, 0.2) is 0 Å². The van der Waals surface area contributed by atoms with Crippen LogP contribution in [0.15, 0.2) is 65.8 Å². The number of aromatic nitrogens is 2. The highest BCUT2D eigenvalue weighted by atomic mass is 19.3. The highest BCUT2D eigenvalue weighted by Crippen LogP contribution is 2.33. The lowest BCUT2D eigenvalue weighted by molar-refractivity contribution is -0.136. The number of piperazine rings is 1. The Hall–Kier alpha value is -4.33. The summed E-state index contributed by atoms with van der Waals surface area (Å²) < 4.78 is 43.0. The molecule has 0 aliphatic carbocycles. The van der Waals surface area contributed by atoms with Crippen molar-refractivity contribution in [1.82, 2.24) is 19.8 Å². The van der Waals surface area contributed by atoms with Crippen molar-refractivity contribution < 1.29 is 18.0 Å². The van der Waals surface area contributed by atoms with Gasteiger partial charge in [-0.15, -0.1) is 0 Å². The lowest BCUT2D eigenvalue weighted by Gasteiger charge is -2.42. The summed E-state index contributed by atoms with van der Waals surface area (Å²) in [6.45, 7) is 11.1. The molecule has 11 heteroatoms. The van der Waals surface area contributed by atoms with Crippen molar-refractivity contribution in [2.45, 2.75) is 47.1 Å². The zero-order chi connectivity index (χ0) is 31.5. The summed E-state index contributed by atoms with van der Waals surface area (Å²) in [5.74, 6) is 0.201. The summed E-state index contributed by atoms with van der Waals surface area (Å²) in [6.07, 6.45) is 1.86. The second-order valence-corrected chi connectivity index (χ2v) is 11.6. The number of nitrogens with one attached hydrogen (secondary N) is 1. The van der Waals surface area contributed by atoms with Crippen LogP contribution >= 0.6 is 0 Å². The Bertz CT molecular complexity index is 1490. The van der Waals surface area contributed by atoms with Gasteiger partial charge in [-0.05, 0) is 75.8 Å². The number of rotatable bonds is 6. The summed E-state index contributed by atoms with van der Waals surface area (Å²) in [6, 6.07) is 10.1. The van der Waals surface area contributed by atoms with Gasteiger partial charge < -0.3 is 20.0 Å². The van der Waals surface area contributed by atoms with Crippen LogP contribution in [0, 0.1) is 29.6 Å². The summed E-state index contributed by atoms with van der Waals surface area (Å²) >= 11 is 0. The van der Waals surface area contributed by atoms with Crippen LogP contribution in [0.1, 0.15) is 51.2 Å². The first-order valence-corrected chi connectivity index (χ1v) is 14.3. The van der Waals surface area contributed by atoms with Crippen LogP contribution in [0.2, 0.25) is 0 Å². The van der Waals surface area contributed by atoms with Crippen LogP contribution in [-0.4, -0.2) is 64.9 Å². The second kappa shape index (κ2) is 12.9. The Morgan fingerprint density at radius 2 is 1.77 bits per heavy atom. The first-order chi connectivity index (χ1) is 20.3. The zero-order valence-corrected chi connectivity index (χ0v) is 25.4. The number of hydrogen-bond donors (Lipinski definition) is 1. The van der Waals surface area contributed by atoms with Crippen LogP contribution in [0.25, 0.3) is 0 Å². The SMILES string of the molecule is Cc1ccc(N[C@H](C)/C2=C/C(F)=C\C(C)(C)C(=O)N(C)/C(N3CCN(c4cccc(C#N)n4)CC3)=C\C2C)c(C(F)F)n1. The topological polar surface area (TPSA) is 88.4 Å². The molecule has 1 amide bonds. The molecule has 0 aromatic carbocycles. The Morgan fingerprint density at radius 1 is 1.09 bits per heavy atom. The van der Waals surface area contributed by atoms with Gasteiger partial charge >= 0.3 is 0 Å². The van der Waals surface area contributed by atoms with Gasteiger partial charge in [-0.3, -0.25) is 4.79 Å². The first-order valence-electron chi connectivity index (χ1n) is 14.3. The number of carbonyl (C=O) groups excluding carboxylic acids is 1. The number of hydrogen-bond acceptors (Lipinski definition) is 7. The van der Waals surface area contributed by atoms with Crippen molar-refractivity contribution in [3.63, 3.8) is 0 Å². The number of amides is 1. The van der Waals surface area contributed by atoms with Crippen molar-refractivity contribution in [2.24, 2.45) is 11.3 Å². The molecule has 4 rings (SSSR count). The molecule has 0 saturated carbocycles. The summed E-state index contributed by atoms with van der Waals surface area (Å²) in [5.41, 5.74) is 0.132. The molecule has 1 fully saturated rings. The van der Waals surface area contributed by atoms with Crippen molar-refractivity contribution >= 4 is 17.4 Å². The highest BCUT2D eigenvalue weighted by molar-refractivity contribution is 5.85. The Kier molecular flexibility index (Phi) is 9.48. The Morgan fingerprint density at radius 3 is 2.42 bits per heavy atom. The maximum Gasteiger partial charge on any atom is 0.282 e. The monoisotopic (exact) mass is 593 g/mol. The van der Waals surface area contributed by atoms with E-state index in [2.05, 4.69) is 31.2 Å². The van der Waals surface area contributed by atoms with Gasteiger partial charge in [-0.2, -0.15) is 5.26 Å². The van der Waals surface area contributed by atoms with Gasteiger partial charge in [-0.25, -0.2) is 23.1 Å². The summed E-state index contributed by atoms with van der Waals surface area (Å²) in [5, 5.41) is 12.4. The van der Waals surface area contributed by atoms with Crippen molar-refractivity contribution in [3.05, 3.63) is 82.9 Å². The normalized spacial score (nSPS) is 23.8. The molecule has 2 aliphatic heterocycles. The number of nitrogens with zero attached hydrogens (tertiary/aromatic N) is 6. The van der Waals surface area contributed by atoms with E-state index in [1.54, 1.807) is 63.9 Å². The van der Waals surface area contributed by atoms with E-state index >= 15 is 4.39 Å². The number of halogens is 3. The molecule has 1 unspecified atom stereocenters. The number of aryl methyl sites for hydroxylation is 1. The molecule has 2 aliphatic rings. The third kappa shape index (κ3) is 7.19. The smallest absolute Gasteiger partial charge is 0.282 e. The Labute approximate surface area is 251 Å². The minimum absolute atomic E-state index is 0.185. The number of carbonyl (C=O) groups is 1. The predicted molar refractivity (Wildman–Crippen MR) is 161 cm³/mol. The second-order valence-electron chi connectivity index (χ2n) is 11.6. The molecular formula is C32H38F3N7O. The lowest BCUT2D eigenvalue weighted by atomic mass is 9.87. The average molecular weight is 594 g/mol. The highest BCUT2D eigenvalue weighted by Gasteiger charge is 2.34. The van der Waals surface area contributed by atoms with Gasteiger partial charge in [0.05, 0.1) is 11.1 Å². The van der Waals surface area contributed by atoms with E-state index in [1.165, 1.54) is 12.2 Å². The molecule has 2 aromatic heterocycles. The van der Waals surface area contributed by atoms with E-state index < -0.39 is 23.7 Å². The fourth-order valence-corrected chi connectivity index (χ4v) is 5.55. The van der Waals surface area contributed by atoms with E-state index in [0.29, 0.717) is 49.0 Å². The fraction of sp³-hybridized carbons (Fsp3) is 0.438. The fourth-order valence-electron chi connectivity index (χ4n) is 5.55. The number of pyridine rings is 2. The van der Waals surface area contributed by atoms with Crippen LogP contribution < -0.4 is 10.2 Å². The van der Waals surface area contributed by atoms with Crippen LogP contribution in [0.3, 0.4) is 0 Å². The molecule has 43 heavy (non-hydrogen) atoms. The predicted octanol–water partition coefficient (Wildman–Crippen LogP) is 5.97. The van der Waals surface area contributed by atoms with Gasteiger partial charge in [0, 0.05) is 50.9 Å². The van der Waals surface area contributed by atoms with E-state index in [0.717, 1.165) is 5.82 Å². The molecule has 4 heterocycles. The third-order valence-electron chi connectivity index (χ3n) is 7.85. The molecule has 8 nitrogen and oxygen atoms in total. The van der Waals surface area contributed by atoms with Crippen molar-refractivity contribution in [1.29, 1.82) is 5.26 Å². The number of allylic oxidation sites excluding steroid dienone is 3. The minimum atomic E-state index is -2.77. The first kappa shape index (κ1) is 31.6. The molecule has 1 N–H and O–H groups in total. The molecule has 1 saturated heterocycles. The van der Waals surface area contributed by atoms with E-state index in [-0.39, 0.29) is 23.2 Å². The van der Waals surface area contributed by atoms with Gasteiger partial charge in [0.25, 0.3) is 6.43 Å². The summed E-state index contributed by atoms with van der Waals surface area (Å²) in [4.78, 5) is 27.8. The maximum absolute atomic E-state index is 15.4. The molecule has 228 valence electrons. The van der Waals surface area contributed by atoms with Crippen LogP contribution in [0.4, 0.5) is 24.7 Å². The lowest BCUT2D eigenvalue weighted by Crippen LogP contribution is -2.51. The van der Waals surface area contributed by atoms with Crippen LogP contribution in [-0.2, 0) is 4.79 Å². The average Bonchev–Trinajstić information content (AvgIpc) is 2.98. The zero-order valence-electron chi connectivity index (χ0n) is 25.4. The third-order valence-corrected chi connectivity index (χ3v) is 7.85. The summed E-state index contributed by atoms with van der Waals surface area (Å²) in [7, 11) is 1.69. The van der Waals surface area contributed by atoms with Gasteiger partial charge in [0.2, 0.25) is 5.91 Å². The standard InChI is InChI=1S/C32H38F3N7O/c1-20-16-28(42-14-12-41(13-15-42)27-9-7-8-24(19-36)39-27)40(6)31(43)32(4,5)18-23(33)17-25(20)22(3)38-26-11-10-21(2)37-29(26)30(34)35/h7-11,16-18,20,22,30,38H,12-15H2,1-6H3/b23-18+,25-17+,28-16+/t20?,22-/m1/s1.